The highest BCUT2D eigenvalue weighted by Gasteiger charge is 2.50. The molecule has 0 unspecified atom stereocenters. The van der Waals surface area contributed by atoms with E-state index in [-0.39, 0.29) is 5.56 Å². The van der Waals surface area contributed by atoms with Gasteiger partial charge in [0.25, 0.3) is 11.8 Å². The van der Waals surface area contributed by atoms with Crippen LogP contribution in [0.5, 0.6) is 5.75 Å². The standard InChI is InChI=1S/C18H16FN3O4/c1-18(12-5-9-14(26-2)10-6-12)16(24)22(17(25)20-18)21-15(23)11-3-7-13(19)8-4-11/h3-10H,1-2H3,(H,20,25)(H,21,23)/t18-/m1/s1. The third-order valence-corrected chi connectivity index (χ3v) is 4.18. The van der Waals surface area contributed by atoms with E-state index in [4.69, 9.17) is 4.74 Å². The summed E-state index contributed by atoms with van der Waals surface area (Å²) in [6, 6.07) is 10.6. The van der Waals surface area contributed by atoms with E-state index < -0.39 is 29.2 Å². The summed E-state index contributed by atoms with van der Waals surface area (Å²) in [6.45, 7) is 1.54. The summed E-state index contributed by atoms with van der Waals surface area (Å²) in [4.78, 5) is 37.2. The van der Waals surface area contributed by atoms with Crippen LogP contribution >= 0.6 is 0 Å². The average molecular weight is 357 g/mol. The molecule has 0 radical (unpaired) electrons. The molecule has 2 aromatic rings. The number of nitrogens with one attached hydrogen (secondary N) is 2. The molecule has 1 aliphatic heterocycles. The third-order valence-electron chi connectivity index (χ3n) is 4.18. The highest BCUT2D eigenvalue weighted by atomic mass is 19.1. The lowest BCUT2D eigenvalue weighted by molar-refractivity contribution is -0.132. The molecule has 1 fully saturated rings. The van der Waals surface area contributed by atoms with Gasteiger partial charge in [0, 0.05) is 5.56 Å². The Morgan fingerprint density at radius 1 is 1.12 bits per heavy atom. The van der Waals surface area contributed by atoms with Crippen molar-refractivity contribution in [3.63, 3.8) is 0 Å². The van der Waals surface area contributed by atoms with Crippen LogP contribution in [0.3, 0.4) is 0 Å². The minimum absolute atomic E-state index is 0.116. The summed E-state index contributed by atoms with van der Waals surface area (Å²) in [5.41, 5.74) is 1.57. The quantitative estimate of drug-likeness (QED) is 0.819. The first-order chi connectivity index (χ1) is 12.3. The first-order valence-corrected chi connectivity index (χ1v) is 7.73. The molecule has 1 saturated heterocycles. The molecule has 8 heteroatoms. The van der Waals surface area contributed by atoms with Gasteiger partial charge in [-0.2, -0.15) is 5.01 Å². The number of hydrogen-bond donors (Lipinski definition) is 2. The van der Waals surface area contributed by atoms with Crippen molar-refractivity contribution in [3.8, 4) is 5.75 Å². The van der Waals surface area contributed by atoms with Gasteiger partial charge in [0.2, 0.25) is 0 Å². The van der Waals surface area contributed by atoms with E-state index in [2.05, 4.69) is 10.7 Å². The number of ether oxygens (including phenoxy) is 1. The second-order valence-corrected chi connectivity index (χ2v) is 5.87. The number of methoxy groups -OCH3 is 1. The maximum atomic E-state index is 13.0. The normalized spacial score (nSPS) is 19.3. The van der Waals surface area contributed by atoms with Crippen LogP contribution in [0.15, 0.2) is 48.5 Å². The molecule has 7 nitrogen and oxygen atoms in total. The zero-order chi connectivity index (χ0) is 18.9. The number of carbonyl (C=O) groups is 3. The van der Waals surface area contributed by atoms with E-state index >= 15 is 0 Å². The van der Waals surface area contributed by atoms with Gasteiger partial charge < -0.3 is 10.1 Å². The highest BCUT2D eigenvalue weighted by Crippen LogP contribution is 2.29. The summed E-state index contributed by atoms with van der Waals surface area (Å²) in [7, 11) is 1.52. The van der Waals surface area contributed by atoms with Gasteiger partial charge in [-0.15, -0.1) is 0 Å². The van der Waals surface area contributed by atoms with Crippen LogP contribution in [0.4, 0.5) is 9.18 Å². The van der Waals surface area contributed by atoms with Gasteiger partial charge in [-0.3, -0.25) is 15.0 Å². The smallest absolute Gasteiger partial charge is 0.344 e. The van der Waals surface area contributed by atoms with E-state index in [1.807, 2.05) is 0 Å². The Balaban J connectivity index is 1.81. The van der Waals surface area contributed by atoms with Crippen molar-refractivity contribution in [1.82, 2.24) is 15.8 Å². The summed E-state index contributed by atoms with van der Waals surface area (Å²) in [6.07, 6.45) is 0. The number of hydrogen-bond acceptors (Lipinski definition) is 4. The van der Waals surface area contributed by atoms with Gasteiger partial charge in [-0.1, -0.05) is 12.1 Å². The van der Waals surface area contributed by atoms with Crippen LogP contribution < -0.4 is 15.5 Å². The fraction of sp³-hybridized carbons (Fsp3) is 0.167. The Morgan fingerprint density at radius 2 is 1.73 bits per heavy atom. The Morgan fingerprint density at radius 3 is 2.31 bits per heavy atom. The number of carbonyl (C=O) groups excluding carboxylic acids is 3. The molecule has 0 bridgehead atoms. The lowest BCUT2D eigenvalue weighted by atomic mass is 9.92. The van der Waals surface area contributed by atoms with Gasteiger partial charge in [-0.25, -0.2) is 9.18 Å². The van der Waals surface area contributed by atoms with Crippen LogP contribution in [-0.4, -0.2) is 30.0 Å². The maximum Gasteiger partial charge on any atom is 0.344 e. The van der Waals surface area contributed by atoms with Crippen LogP contribution in [0.1, 0.15) is 22.8 Å². The first-order valence-electron chi connectivity index (χ1n) is 7.73. The van der Waals surface area contributed by atoms with E-state index in [1.165, 1.54) is 19.2 Å². The van der Waals surface area contributed by atoms with Crippen LogP contribution in [0.25, 0.3) is 0 Å². The second-order valence-electron chi connectivity index (χ2n) is 5.87. The van der Waals surface area contributed by atoms with Crippen molar-refractivity contribution in [2.75, 3.05) is 7.11 Å². The van der Waals surface area contributed by atoms with Gasteiger partial charge in [-0.05, 0) is 48.9 Å². The number of imide groups is 1. The highest BCUT2D eigenvalue weighted by molar-refractivity contribution is 6.09. The monoisotopic (exact) mass is 357 g/mol. The Kier molecular flexibility index (Phi) is 4.33. The van der Waals surface area contributed by atoms with Gasteiger partial charge in [0.05, 0.1) is 7.11 Å². The van der Waals surface area contributed by atoms with Crippen molar-refractivity contribution < 1.29 is 23.5 Å². The minimum atomic E-state index is -1.33. The zero-order valence-electron chi connectivity index (χ0n) is 14.1. The molecule has 4 amide bonds. The molecule has 0 aromatic heterocycles. The van der Waals surface area contributed by atoms with Gasteiger partial charge in [0.15, 0.2) is 0 Å². The lowest BCUT2D eigenvalue weighted by Gasteiger charge is -2.22. The number of amides is 4. The molecule has 1 atom stereocenters. The second kappa shape index (κ2) is 6.47. The average Bonchev–Trinajstić information content (AvgIpc) is 2.86. The third kappa shape index (κ3) is 2.97. The van der Waals surface area contributed by atoms with Crippen molar-refractivity contribution >= 4 is 17.8 Å². The number of nitrogens with zero attached hydrogens (tertiary/aromatic N) is 1. The summed E-state index contributed by atoms with van der Waals surface area (Å²) >= 11 is 0. The fourth-order valence-electron chi connectivity index (χ4n) is 2.63. The molecule has 1 heterocycles. The summed E-state index contributed by atoms with van der Waals surface area (Å²) in [5, 5.41) is 3.19. The Hall–Kier alpha value is -3.42. The SMILES string of the molecule is COc1ccc([C@@]2(C)NC(=O)N(NC(=O)c3ccc(F)cc3)C2=O)cc1. The predicted octanol–water partition coefficient (Wildman–Crippen LogP) is 1.95. The predicted molar refractivity (Wildman–Crippen MR) is 89.6 cm³/mol. The lowest BCUT2D eigenvalue weighted by Crippen LogP contribution is -2.47. The molecular formula is C18H16FN3O4. The number of urea groups is 1. The molecular weight excluding hydrogens is 341 g/mol. The molecule has 0 spiro atoms. The minimum Gasteiger partial charge on any atom is -0.497 e. The molecule has 3 rings (SSSR count). The fourth-order valence-corrected chi connectivity index (χ4v) is 2.63. The van der Waals surface area contributed by atoms with Crippen LogP contribution in [0, 0.1) is 5.82 Å². The Bertz CT molecular complexity index is 867. The molecule has 0 aliphatic carbocycles. The number of hydrazine groups is 1. The molecule has 0 saturated carbocycles. The van der Waals surface area contributed by atoms with Gasteiger partial charge in [0.1, 0.15) is 17.1 Å². The molecule has 134 valence electrons. The van der Waals surface area contributed by atoms with Crippen LogP contribution in [-0.2, 0) is 10.3 Å². The summed E-state index contributed by atoms with van der Waals surface area (Å²) in [5.74, 6) is -1.23. The number of halogens is 1. The zero-order valence-corrected chi connectivity index (χ0v) is 14.1. The molecule has 1 aliphatic rings. The molecule has 2 aromatic carbocycles. The number of benzene rings is 2. The van der Waals surface area contributed by atoms with E-state index in [0.717, 1.165) is 12.1 Å². The van der Waals surface area contributed by atoms with Crippen molar-refractivity contribution in [2.24, 2.45) is 0 Å². The topological polar surface area (TPSA) is 87.7 Å². The molecule has 2 N–H and O–H groups in total. The number of rotatable bonds is 4. The van der Waals surface area contributed by atoms with E-state index in [1.54, 1.807) is 31.2 Å². The van der Waals surface area contributed by atoms with Crippen molar-refractivity contribution in [3.05, 3.63) is 65.5 Å². The van der Waals surface area contributed by atoms with Crippen molar-refractivity contribution in [2.45, 2.75) is 12.5 Å². The van der Waals surface area contributed by atoms with E-state index in [9.17, 15) is 18.8 Å². The maximum absolute atomic E-state index is 13.0. The summed E-state index contributed by atoms with van der Waals surface area (Å²) < 4.78 is 18.0. The largest absolute Gasteiger partial charge is 0.497 e. The van der Waals surface area contributed by atoms with Crippen molar-refractivity contribution in [1.29, 1.82) is 0 Å². The van der Waals surface area contributed by atoms with Crippen LogP contribution in [0.2, 0.25) is 0 Å². The first kappa shape index (κ1) is 17.4. The molecule has 26 heavy (non-hydrogen) atoms. The van der Waals surface area contributed by atoms with E-state index in [0.29, 0.717) is 16.3 Å². The van der Waals surface area contributed by atoms with Gasteiger partial charge >= 0.3 is 6.03 Å². The Labute approximate surface area is 148 Å².